The molecule has 2 heterocycles. The summed E-state index contributed by atoms with van der Waals surface area (Å²) >= 11 is 0. The minimum atomic E-state index is -0.747. The van der Waals surface area contributed by atoms with Crippen molar-refractivity contribution in [1.29, 1.82) is 0 Å². The maximum Gasteiger partial charge on any atom is 0.256 e. The zero-order valence-corrected chi connectivity index (χ0v) is 10.7. The zero-order chi connectivity index (χ0) is 14.3. The van der Waals surface area contributed by atoms with E-state index in [4.69, 9.17) is 5.73 Å². The summed E-state index contributed by atoms with van der Waals surface area (Å²) in [5.41, 5.74) is 6.51. The van der Waals surface area contributed by atoms with E-state index in [2.05, 4.69) is 4.98 Å². The van der Waals surface area contributed by atoms with Gasteiger partial charge in [0, 0.05) is 24.5 Å². The molecule has 0 saturated carbocycles. The number of aromatic amines is 1. The molecule has 4 N–H and O–H groups in total. The van der Waals surface area contributed by atoms with Crippen LogP contribution in [0.2, 0.25) is 0 Å². The fourth-order valence-electron chi connectivity index (χ4n) is 2.73. The average Bonchev–Trinajstić information content (AvgIpc) is 3.03. The molecule has 1 aromatic heterocycles. The highest BCUT2D eigenvalue weighted by Crippen LogP contribution is 2.24. The van der Waals surface area contributed by atoms with Crippen LogP contribution in [0.4, 0.5) is 0 Å². The smallest absolute Gasteiger partial charge is 0.256 e. The molecule has 0 radical (unpaired) electrons. The first-order valence-electron chi connectivity index (χ1n) is 6.42. The maximum absolute atomic E-state index is 12.6. The van der Waals surface area contributed by atoms with Crippen LogP contribution in [0.15, 0.2) is 30.5 Å². The van der Waals surface area contributed by atoms with Gasteiger partial charge in [-0.2, -0.15) is 0 Å². The van der Waals surface area contributed by atoms with E-state index in [9.17, 15) is 14.7 Å². The largest absolute Gasteiger partial charge is 0.391 e. The lowest BCUT2D eigenvalue weighted by Gasteiger charge is -2.22. The summed E-state index contributed by atoms with van der Waals surface area (Å²) in [6.45, 7) is 0.129. The molecule has 2 aromatic rings. The second kappa shape index (κ2) is 4.64. The van der Waals surface area contributed by atoms with Gasteiger partial charge in [-0.05, 0) is 12.1 Å². The molecule has 6 nitrogen and oxygen atoms in total. The van der Waals surface area contributed by atoms with E-state index in [1.807, 2.05) is 12.1 Å². The second-order valence-corrected chi connectivity index (χ2v) is 5.01. The summed E-state index contributed by atoms with van der Waals surface area (Å²) < 4.78 is 0. The lowest BCUT2D eigenvalue weighted by atomic mass is 10.1. The molecular weight excluding hydrogens is 258 g/mol. The normalized spacial score (nSPS) is 22.4. The molecule has 0 spiro atoms. The molecule has 0 bridgehead atoms. The molecule has 1 aliphatic rings. The van der Waals surface area contributed by atoms with Crippen molar-refractivity contribution in [2.24, 2.45) is 5.73 Å². The molecule has 1 aromatic carbocycles. The van der Waals surface area contributed by atoms with E-state index in [-0.39, 0.29) is 18.9 Å². The number of nitrogens with one attached hydrogen (secondary N) is 1. The third-order valence-electron chi connectivity index (χ3n) is 3.69. The quantitative estimate of drug-likeness (QED) is 0.730. The van der Waals surface area contributed by atoms with Gasteiger partial charge in [0.1, 0.15) is 6.04 Å². The summed E-state index contributed by atoms with van der Waals surface area (Å²) in [5.74, 6) is -0.882. The first-order chi connectivity index (χ1) is 9.58. The van der Waals surface area contributed by atoms with Gasteiger partial charge in [0.2, 0.25) is 5.91 Å². The first-order valence-corrected chi connectivity index (χ1v) is 6.42. The maximum atomic E-state index is 12.6. The number of fused-ring (bicyclic) bond motifs is 1. The second-order valence-electron chi connectivity index (χ2n) is 5.01. The van der Waals surface area contributed by atoms with Crippen molar-refractivity contribution < 1.29 is 14.7 Å². The van der Waals surface area contributed by atoms with Crippen LogP contribution in [0.5, 0.6) is 0 Å². The number of nitrogens with zero attached hydrogens (tertiary/aromatic N) is 1. The van der Waals surface area contributed by atoms with Crippen LogP contribution in [0.1, 0.15) is 16.8 Å². The molecule has 20 heavy (non-hydrogen) atoms. The van der Waals surface area contributed by atoms with Crippen molar-refractivity contribution in [1.82, 2.24) is 9.88 Å². The Morgan fingerprint density at radius 2 is 2.15 bits per heavy atom. The minimum Gasteiger partial charge on any atom is -0.391 e. The highest BCUT2D eigenvalue weighted by Gasteiger charge is 2.38. The summed E-state index contributed by atoms with van der Waals surface area (Å²) in [6.07, 6.45) is 1.24. The number of carbonyl (C=O) groups excluding carboxylic acids is 2. The molecule has 3 rings (SSSR count). The van der Waals surface area contributed by atoms with Crippen LogP contribution in [0, 0.1) is 0 Å². The molecule has 1 fully saturated rings. The molecule has 6 heteroatoms. The summed E-state index contributed by atoms with van der Waals surface area (Å²) in [4.78, 5) is 28.4. The standard InChI is InChI=1S/C14H15N3O3/c15-13(19)11-6-9(18)7-17(11)14(20)10-3-1-2-8-4-5-16-12(8)10/h1-5,9,11,16,18H,6-7H2,(H2,15,19). The number of primary amides is 1. The van der Waals surface area contributed by atoms with Crippen molar-refractivity contribution in [2.75, 3.05) is 6.54 Å². The Hall–Kier alpha value is -2.34. The number of hydrogen-bond acceptors (Lipinski definition) is 3. The van der Waals surface area contributed by atoms with Crippen molar-refractivity contribution in [3.8, 4) is 0 Å². The van der Waals surface area contributed by atoms with Gasteiger partial charge >= 0.3 is 0 Å². The molecular formula is C14H15N3O3. The van der Waals surface area contributed by atoms with E-state index >= 15 is 0 Å². The lowest BCUT2D eigenvalue weighted by Crippen LogP contribution is -2.43. The number of aromatic nitrogens is 1. The van der Waals surface area contributed by atoms with Gasteiger partial charge in [0.05, 0.1) is 17.2 Å². The van der Waals surface area contributed by atoms with E-state index in [1.54, 1.807) is 18.3 Å². The summed E-state index contributed by atoms with van der Waals surface area (Å²) in [5, 5.41) is 10.6. The highest BCUT2D eigenvalue weighted by atomic mass is 16.3. The molecule has 2 atom stereocenters. The van der Waals surface area contributed by atoms with Crippen LogP contribution >= 0.6 is 0 Å². The predicted octanol–water partition coefficient (Wildman–Crippen LogP) is 0.229. The molecule has 1 saturated heterocycles. The van der Waals surface area contributed by atoms with Crippen LogP contribution in [-0.2, 0) is 4.79 Å². The predicted molar refractivity (Wildman–Crippen MR) is 72.9 cm³/mol. The van der Waals surface area contributed by atoms with Crippen LogP contribution in [-0.4, -0.2) is 45.5 Å². The van der Waals surface area contributed by atoms with E-state index in [1.165, 1.54) is 4.90 Å². The Morgan fingerprint density at radius 1 is 1.35 bits per heavy atom. The fraction of sp³-hybridized carbons (Fsp3) is 0.286. The van der Waals surface area contributed by atoms with Gasteiger partial charge < -0.3 is 20.7 Å². The van der Waals surface area contributed by atoms with Gasteiger partial charge in [0.15, 0.2) is 0 Å². The van der Waals surface area contributed by atoms with Crippen molar-refractivity contribution in [3.05, 3.63) is 36.0 Å². The first kappa shape index (κ1) is 12.7. The van der Waals surface area contributed by atoms with Crippen molar-refractivity contribution in [2.45, 2.75) is 18.6 Å². The topological polar surface area (TPSA) is 99.4 Å². The van der Waals surface area contributed by atoms with Gasteiger partial charge in [-0.15, -0.1) is 0 Å². The monoisotopic (exact) mass is 273 g/mol. The molecule has 2 unspecified atom stereocenters. The van der Waals surface area contributed by atoms with Crippen molar-refractivity contribution in [3.63, 3.8) is 0 Å². The van der Waals surface area contributed by atoms with Crippen molar-refractivity contribution >= 4 is 22.7 Å². The van der Waals surface area contributed by atoms with E-state index in [0.717, 1.165) is 10.9 Å². The number of aliphatic hydroxyl groups is 1. The number of carbonyl (C=O) groups is 2. The highest BCUT2D eigenvalue weighted by molar-refractivity contribution is 6.07. The number of nitrogens with two attached hydrogens (primary N) is 1. The summed E-state index contributed by atoms with van der Waals surface area (Å²) in [7, 11) is 0. The number of benzene rings is 1. The Kier molecular flexibility index (Phi) is 2.94. The number of rotatable bonds is 2. The molecule has 0 aliphatic carbocycles. The van der Waals surface area contributed by atoms with Crippen LogP contribution in [0.3, 0.4) is 0 Å². The Balaban J connectivity index is 2.00. The van der Waals surface area contributed by atoms with E-state index in [0.29, 0.717) is 5.56 Å². The number of hydrogen-bond donors (Lipinski definition) is 3. The summed E-state index contributed by atoms with van der Waals surface area (Å²) in [6, 6.07) is 6.51. The van der Waals surface area contributed by atoms with Crippen LogP contribution in [0.25, 0.3) is 10.9 Å². The fourth-order valence-corrected chi connectivity index (χ4v) is 2.73. The molecule has 104 valence electrons. The van der Waals surface area contributed by atoms with Gasteiger partial charge in [-0.25, -0.2) is 0 Å². The number of β-amino-alcohol motifs (C(OH)–C–C–N with tert-alkyl or cyclic N) is 1. The molecule has 2 amide bonds. The number of likely N-dealkylation sites (tertiary alicyclic amines) is 1. The Bertz CT molecular complexity index is 679. The lowest BCUT2D eigenvalue weighted by molar-refractivity contribution is -0.121. The SMILES string of the molecule is NC(=O)C1CC(O)CN1C(=O)c1cccc2cc[nH]c12. The number of aliphatic hydroxyl groups excluding tert-OH is 1. The van der Waals surface area contributed by atoms with Gasteiger partial charge in [-0.1, -0.05) is 12.1 Å². The number of para-hydroxylation sites is 1. The Morgan fingerprint density at radius 3 is 2.90 bits per heavy atom. The van der Waals surface area contributed by atoms with Gasteiger partial charge in [-0.3, -0.25) is 9.59 Å². The molecule has 1 aliphatic heterocycles. The van der Waals surface area contributed by atoms with E-state index < -0.39 is 18.1 Å². The average molecular weight is 273 g/mol. The number of amides is 2. The number of H-pyrrole nitrogens is 1. The minimum absolute atomic E-state index is 0.129. The van der Waals surface area contributed by atoms with Crippen LogP contribution < -0.4 is 5.73 Å². The third kappa shape index (κ3) is 1.94. The third-order valence-corrected chi connectivity index (χ3v) is 3.69. The zero-order valence-electron chi connectivity index (χ0n) is 10.7. The Labute approximate surface area is 115 Å². The van der Waals surface area contributed by atoms with Gasteiger partial charge in [0.25, 0.3) is 5.91 Å².